The molecule has 0 N–H and O–H groups in total. The minimum absolute atomic E-state index is 0.0944. The lowest BCUT2D eigenvalue weighted by atomic mass is 10.7. The number of imidazole rings is 1. The molecule has 0 aliphatic rings. The van der Waals surface area contributed by atoms with Crippen LogP contribution in [0.25, 0.3) is 0 Å². The first-order valence-electron chi connectivity index (χ1n) is 4.67. The van der Waals surface area contributed by atoms with E-state index in [1.54, 1.807) is 6.92 Å². The van der Waals surface area contributed by atoms with E-state index in [0.717, 1.165) is 0 Å². The summed E-state index contributed by atoms with van der Waals surface area (Å²) >= 11 is 0. The largest absolute Gasteiger partial charge is 0.465 e. The van der Waals surface area contributed by atoms with Gasteiger partial charge in [-0.05, 0) is 16.8 Å². The van der Waals surface area contributed by atoms with Crippen LogP contribution in [0, 0.1) is 10.1 Å². The monoisotopic (exact) mass is 261 g/mol. The number of hydrogen-bond donors (Lipinski definition) is 0. The summed E-state index contributed by atoms with van der Waals surface area (Å²) < 4.78 is 17.7. The van der Waals surface area contributed by atoms with Crippen molar-refractivity contribution in [1.29, 1.82) is 0 Å². The Bertz CT molecular complexity index is 470. The summed E-state index contributed by atoms with van der Waals surface area (Å²) in [6, 6.07) is 0. The van der Waals surface area contributed by atoms with Crippen molar-refractivity contribution in [3.63, 3.8) is 0 Å². The Labute approximate surface area is 99.2 Å². The molecule has 0 saturated heterocycles. The van der Waals surface area contributed by atoms with Gasteiger partial charge >= 0.3 is 11.8 Å². The minimum Gasteiger partial charge on any atom is -0.465 e. The van der Waals surface area contributed by atoms with Crippen LogP contribution in [0.1, 0.15) is 6.92 Å². The molecule has 9 heteroatoms. The zero-order chi connectivity index (χ0) is 13.0. The Morgan fingerprint density at radius 1 is 1.71 bits per heavy atom. The highest BCUT2D eigenvalue weighted by Crippen LogP contribution is 2.19. The zero-order valence-electron chi connectivity index (χ0n) is 9.28. The summed E-state index contributed by atoms with van der Waals surface area (Å²) in [5.74, 6) is -1.59. The van der Waals surface area contributed by atoms with E-state index < -0.39 is 33.3 Å². The van der Waals surface area contributed by atoms with Gasteiger partial charge in [0.05, 0.1) is 17.4 Å². The van der Waals surface area contributed by atoms with Crippen molar-refractivity contribution in [3.05, 3.63) is 16.4 Å². The van der Waals surface area contributed by atoms with Gasteiger partial charge in [-0.3, -0.25) is 9.00 Å². The molecule has 94 valence electrons. The Balaban J connectivity index is 2.92. The maximum atomic E-state index is 11.8. The first-order valence-corrected chi connectivity index (χ1v) is 5.99. The Hall–Kier alpha value is -1.77. The van der Waals surface area contributed by atoms with Crippen molar-refractivity contribution >= 4 is 22.6 Å². The van der Waals surface area contributed by atoms with E-state index in [9.17, 15) is 19.1 Å². The molecule has 0 aliphatic heterocycles. The third kappa shape index (κ3) is 3.09. The molecule has 0 amide bonds. The molecule has 0 aliphatic carbocycles. The molecule has 1 atom stereocenters. The maximum Gasteiger partial charge on any atom is 0.398 e. The van der Waals surface area contributed by atoms with Crippen LogP contribution in [0.15, 0.2) is 11.4 Å². The average Bonchev–Trinajstić information content (AvgIpc) is 2.60. The summed E-state index contributed by atoms with van der Waals surface area (Å²) in [5.41, 5.74) is 0. The molecule has 0 saturated carbocycles. The standard InChI is InChI=1S/C8H11N3O5S/c1-3-16-6(12)4-17(15)8-7(11(13)14)9-5-10(8)2/h5H,3-4H2,1-2H3/t17-/m0/s1. The number of rotatable bonds is 5. The molecule has 0 bridgehead atoms. The van der Waals surface area contributed by atoms with Gasteiger partial charge in [0.25, 0.3) is 0 Å². The Morgan fingerprint density at radius 3 is 2.88 bits per heavy atom. The molecule has 0 spiro atoms. The van der Waals surface area contributed by atoms with E-state index in [4.69, 9.17) is 0 Å². The molecular formula is C8H11N3O5S. The van der Waals surface area contributed by atoms with Crippen LogP contribution in [0.5, 0.6) is 0 Å². The van der Waals surface area contributed by atoms with Gasteiger partial charge in [-0.2, -0.15) is 0 Å². The molecule has 0 radical (unpaired) electrons. The van der Waals surface area contributed by atoms with Gasteiger partial charge < -0.3 is 19.4 Å². The van der Waals surface area contributed by atoms with E-state index in [-0.39, 0.29) is 11.6 Å². The Morgan fingerprint density at radius 2 is 2.35 bits per heavy atom. The third-order valence-corrected chi connectivity index (χ3v) is 3.21. The number of esters is 1. The van der Waals surface area contributed by atoms with Crippen LogP contribution >= 0.6 is 0 Å². The molecule has 1 aromatic rings. The number of nitrogens with zero attached hydrogens (tertiary/aromatic N) is 3. The summed E-state index contributed by atoms with van der Waals surface area (Å²) in [7, 11) is -0.373. The van der Waals surface area contributed by atoms with E-state index in [0.29, 0.717) is 0 Å². The van der Waals surface area contributed by atoms with Gasteiger partial charge in [0, 0.05) is 7.05 Å². The number of carbonyl (C=O) groups excluding carboxylic acids is 1. The van der Waals surface area contributed by atoms with Gasteiger partial charge in [-0.1, -0.05) is 0 Å². The fourth-order valence-corrected chi connectivity index (χ4v) is 2.31. The lowest BCUT2D eigenvalue weighted by Crippen LogP contribution is -2.16. The molecule has 0 aromatic carbocycles. The summed E-state index contributed by atoms with van der Waals surface area (Å²) in [6.07, 6.45) is 1.18. The Kier molecular flexibility index (Phi) is 4.32. The zero-order valence-corrected chi connectivity index (χ0v) is 10.1. The summed E-state index contributed by atoms with van der Waals surface area (Å²) in [5, 5.41) is 10.5. The molecule has 1 rings (SSSR count). The first kappa shape index (κ1) is 13.3. The predicted octanol–water partition coefficient (Wildman–Crippen LogP) is -0.00100. The lowest BCUT2D eigenvalue weighted by molar-refractivity contribution is -0.392. The average molecular weight is 261 g/mol. The van der Waals surface area contributed by atoms with Crippen molar-refractivity contribution in [2.24, 2.45) is 7.05 Å². The van der Waals surface area contributed by atoms with Crippen LogP contribution in [0.2, 0.25) is 0 Å². The number of aromatic nitrogens is 2. The number of aryl methyl sites for hydroxylation is 1. The van der Waals surface area contributed by atoms with E-state index in [1.807, 2.05) is 0 Å². The highest BCUT2D eigenvalue weighted by Gasteiger charge is 2.26. The van der Waals surface area contributed by atoms with Crippen LogP contribution in [0.3, 0.4) is 0 Å². The molecule has 1 aromatic heterocycles. The quantitative estimate of drug-likeness (QED) is 0.419. The topological polar surface area (TPSA) is 104 Å². The fourth-order valence-electron chi connectivity index (χ4n) is 1.17. The molecular weight excluding hydrogens is 250 g/mol. The number of ether oxygens (including phenoxy) is 1. The molecule has 17 heavy (non-hydrogen) atoms. The minimum atomic E-state index is -1.84. The van der Waals surface area contributed by atoms with Gasteiger partial charge in [0.15, 0.2) is 0 Å². The highest BCUT2D eigenvalue weighted by molar-refractivity contribution is 7.85. The van der Waals surface area contributed by atoms with Crippen LogP contribution in [-0.4, -0.2) is 37.0 Å². The van der Waals surface area contributed by atoms with E-state index in [2.05, 4.69) is 9.72 Å². The van der Waals surface area contributed by atoms with Gasteiger partial charge in [0.1, 0.15) is 5.75 Å². The number of hydrogen-bond acceptors (Lipinski definition) is 6. The first-order chi connectivity index (χ1) is 7.97. The van der Waals surface area contributed by atoms with Crippen LogP contribution in [-0.2, 0) is 27.4 Å². The summed E-state index contributed by atoms with van der Waals surface area (Å²) in [6.45, 7) is 1.79. The van der Waals surface area contributed by atoms with Crippen molar-refractivity contribution in [2.75, 3.05) is 12.4 Å². The number of nitro groups is 1. The second-order valence-corrected chi connectivity index (χ2v) is 4.40. The molecule has 0 fully saturated rings. The van der Waals surface area contributed by atoms with Crippen LogP contribution < -0.4 is 0 Å². The highest BCUT2D eigenvalue weighted by atomic mass is 32.2. The molecule has 1 heterocycles. The summed E-state index contributed by atoms with van der Waals surface area (Å²) in [4.78, 5) is 24.5. The molecule has 8 nitrogen and oxygen atoms in total. The SMILES string of the molecule is CCOC(=O)C[S@](=O)c1c([N+](=O)[O-])ncn1C. The molecule has 0 unspecified atom stereocenters. The van der Waals surface area contributed by atoms with Crippen LogP contribution in [0.4, 0.5) is 5.82 Å². The van der Waals surface area contributed by atoms with Gasteiger partial charge in [-0.15, -0.1) is 0 Å². The predicted molar refractivity (Wildman–Crippen MR) is 57.8 cm³/mol. The second kappa shape index (κ2) is 5.53. The van der Waals surface area contributed by atoms with Gasteiger partial charge in [0.2, 0.25) is 11.4 Å². The normalized spacial score (nSPS) is 12.1. The van der Waals surface area contributed by atoms with Crippen molar-refractivity contribution < 1.29 is 18.7 Å². The number of carbonyl (C=O) groups is 1. The third-order valence-electron chi connectivity index (χ3n) is 1.81. The smallest absolute Gasteiger partial charge is 0.398 e. The van der Waals surface area contributed by atoms with E-state index in [1.165, 1.54) is 17.9 Å². The lowest BCUT2D eigenvalue weighted by Gasteiger charge is -2.02. The fraction of sp³-hybridized carbons (Fsp3) is 0.500. The van der Waals surface area contributed by atoms with Crippen molar-refractivity contribution in [3.8, 4) is 0 Å². The maximum absolute atomic E-state index is 11.8. The second-order valence-electron chi connectivity index (χ2n) is 3.04. The van der Waals surface area contributed by atoms with E-state index >= 15 is 0 Å². The van der Waals surface area contributed by atoms with Gasteiger partial charge in [-0.25, -0.2) is 0 Å². The van der Waals surface area contributed by atoms with Crippen molar-refractivity contribution in [1.82, 2.24) is 9.55 Å². The van der Waals surface area contributed by atoms with Crippen molar-refractivity contribution in [2.45, 2.75) is 11.9 Å².